The lowest BCUT2D eigenvalue weighted by Crippen LogP contribution is -2.21. The first-order valence-electron chi connectivity index (χ1n) is 6.50. The van der Waals surface area contributed by atoms with Crippen LogP contribution in [0.4, 0.5) is 5.69 Å². The van der Waals surface area contributed by atoms with Gasteiger partial charge in [0.15, 0.2) is 0 Å². The fourth-order valence-electron chi connectivity index (χ4n) is 2.55. The van der Waals surface area contributed by atoms with Crippen molar-refractivity contribution in [3.05, 3.63) is 42.5 Å². The van der Waals surface area contributed by atoms with Crippen molar-refractivity contribution in [1.82, 2.24) is 0 Å². The molecule has 0 bridgehead atoms. The van der Waals surface area contributed by atoms with Gasteiger partial charge >= 0.3 is 0 Å². The summed E-state index contributed by atoms with van der Waals surface area (Å²) in [5, 5.41) is 2.77. The molecule has 0 aliphatic carbocycles. The Morgan fingerprint density at radius 2 is 1.61 bits per heavy atom. The molecule has 1 nitrogen and oxygen atoms in total. The maximum Gasteiger partial charge on any atom is 0.0589 e. The molecule has 92 valence electrons. The first-order chi connectivity index (χ1) is 8.85. The van der Waals surface area contributed by atoms with Gasteiger partial charge in [-0.15, -0.1) is 11.3 Å². The Kier molecular flexibility index (Phi) is 2.96. The Morgan fingerprint density at radius 3 is 2.39 bits per heavy atom. The quantitative estimate of drug-likeness (QED) is 0.643. The third-order valence-corrected chi connectivity index (χ3v) is 4.70. The third-order valence-electron chi connectivity index (χ3n) is 3.49. The van der Waals surface area contributed by atoms with Crippen LogP contribution in [0.1, 0.15) is 13.8 Å². The van der Waals surface area contributed by atoms with Crippen LogP contribution in [0.5, 0.6) is 0 Å². The molecule has 0 saturated heterocycles. The highest BCUT2D eigenvalue weighted by atomic mass is 32.1. The van der Waals surface area contributed by atoms with Crippen LogP contribution in [0, 0.1) is 0 Å². The van der Waals surface area contributed by atoms with E-state index in [0.29, 0.717) is 0 Å². The molecule has 0 fully saturated rings. The predicted molar refractivity (Wildman–Crippen MR) is 82.9 cm³/mol. The summed E-state index contributed by atoms with van der Waals surface area (Å²) in [5.41, 5.74) is 1.37. The molecule has 3 aromatic rings. The monoisotopic (exact) mass is 255 g/mol. The Morgan fingerprint density at radius 1 is 0.889 bits per heavy atom. The smallest absolute Gasteiger partial charge is 0.0589 e. The second-order valence-corrected chi connectivity index (χ2v) is 5.48. The van der Waals surface area contributed by atoms with Gasteiger partial charge in [0.1, 0.15) is 0 Å². The second-order valence-electron chi connectivity index (χ2n) is 4.42. The van der Waals surface area contributed by atoms with Crippen molar-refractivity contribution in [1.29, 1.82) is 0 Å². The lowest BCUT2D eigenvalue weighted by molar-refractivity contribution is 0.871. The molecule has 3 rings (SSSR count). The lowest BCUT2D eigenvalue weighted by Gasteiger charge is -2.21. The summed E-state index contributed by atoms with van der Waals surface area (Å²) in [7, 11) is 0. The first kappa shape index (κ1) is 11.5. The normalized spacial score (nSPS) is 11.2. The molecular formula is C16H17NS. The molecule has 2 heteroatoms. The van der Waals surface area contributed by atoms with E-state index in [4.69, 9.17) is 0 Å². The molecule has 0 atom stereocenters. The van der Waals surface area contributed by atoms with Crippen LogP contribution < -0.4 is 4.90 Å². The van der Waals surface area contributed by atoms with E-state index in [1.54, 1.807) is 0 Å². The maximum atomic E-state index is 2.43. The van der Waals surface area contributed by atoms with Gasteiger partial charge in [0, 0.05) is 28.6 Å². The highest BCUT2D eigenvalue weighted by Gasteiger charge is 2.11. The van der Waals surface area contributed by atoms with E-state index in [9.17, 15) is 0 Å². The molecule has 1 heterocycles. The summed E-state index contributed by atoms with van der Waals surface area (Å²) >= 11 is 1.91. The largest absolute Gasteiger partial charge is 0.371 e. The van der Waals surface area contributed by atoms with Crippen LogP contribution in [-0.2, 0) is 0 Å². The fourth-order valence-corrected chi connectivity index (χ4v) is 3.79. The highest BCUT2D eigenvalue weighted by molar-refractivity contribution is 7.26. The van der Waals surface area contributed by atoms with Crippen molar-refractivity contribution in [2.45, 2.75) is 13.8 Å². The predicted octanol–water partition coefficient (Wildman–Crippen LogP) is 4.90. The van der Waals surface area contributed by atoms with Gasteiger partial charge in [-0.25, -0.2) is 0 Å². The molecular weight excluding hydrogens is 238 g/mol. The van der Waals surface area contributed by atoms with Crippen molar-refractivity contribution in [3.8, 4) is 0 Å². The van der Waals surface area contributed by atoms with Gasteiger partial charge < -0.3 is 4.90 Å². The van der Waals surface area contributed by atoms with Gasteiger partial charge in [-0.1, -0.05) is 30.3 Å². The van der Waals surface area contributed by atoms with Gasteiger partial charge in [-0.2, -0.15) is 0 Å². The summed E-state index contributed by atoms with van der Waals surface area (Å²) in [6.45, 7) is 6.55. The Balaban J connectivity index is 2.34. The third kappa shape index (κ3) is 1.68. The maximum absolute atomic E-state index is 2.43. The molecule has 0 saturated carbocycles. The van der Waals surface area contributed by atoms with Crippen LogP contribution in [-0.4, -0.2) is 13.1 Å². The Labute approximate surface area is 112 Å². The Hall–Kier alpha value is -1.54. The van der Waals surface area contributed by atoms with Crippen molar-refractivity contribution >= 4 is 37.2 Å². The molecule has 0 spiro atoms. The first-order valence-corrected chi connectivity index (χ1v) is 7.32. The van der Waals surface area contributed by atoms with E-state index >= 15 is 0 Å². The summed E-state index contributed by atoms with van der Waals surface area (Å²) in [4.78, 5) is 2.43. The number of thiophene rings is 1. The minimum atomic E-state index is 1.06. The molecule has 1 aromatic heterocycles. The van der Waals surface area contributed by atoms with Crippen LogP contribution in [0.25, 0.3) is 20.2 Å². The van der Waals surface area contributed by atoms with E-state index in [0.717, 1.165) is 13.1 Å². The lowest BCUT2D eigenvalue weighted by atomic mass is 10.1. The number of rotatable bonds is 3. The number of nitrogens with zero attached hydrogens (tertiary/aromatic N) is 1. The molecule has 0 amide bonds. The zero-order chi connectivity index (χ0) is 12.5. The van der Waals surface area contributed by atoms with Crippen LogP contribution in [0.2, 0.25) is 0 Å². The zero-order valence-electron chi connectivity index (χ0n) is 10.8. The topological polar surface area (TPSA) is 3.24 Å². The highest BCUT2D eigenvalue weighted by Crippen LogP contribution is 2.39. The van der Waals surface area contributed by atoms with Gasteiger partial charge in [-0.3, -0.25) is 0 Å². The number of fused-ring (bicyclic) bond motifs is 3. The van der Waals surface area contributed by atoms with E-state index in [1.165, 1.54) is 25.9 Å². The molecule has 0 unspecified atom stereocenters. The minimum absolute atomic E-state index is 1.06. The van der Waals surface area contributed by atoms with Gasteiger partial charge in [0.05, 0.1) is 10.4 Å². The zero-order valence-corrected chi connectivity index (χ0v) is 11.6. The van der Waals surface area contributed by atoms with Gasteiger partial charge in [0.2, 0.25) is 0 Å². The summed E-state index contributed by atoms with van der Waals surface area (Å²) in [6, 6.07) is 15.3. The second kappa shape index (κ2) is 4.62. The number of anilines is 1. The molecule has 0 radical (unpaired) electrons. The average Bonchev–Trinajstić information content (AvgIpc) is 2.80. The standard InChI is InChI=1S/C16H17NS/c1-3-17(4-2)14-10-7-9-13-12-8-5-6-11-15(12)18-16(13)14/h5-11H,3-4H2,1-2H3. The fraction of sp³-hybridized carbons (Fsp3) is 0.250. The van der Waals surface area contributed by atoms with Crippen molar-refractivity contribution in [2.24, 2.45) is 0 Å². The Bertz CT molecular complexity index is 680. The number of benzene rings is 2. The van der Waals surface area contributed by atoms with E-state index < -0.39 is 0 Å². The van der Waals surface area contributed by atoms with Crippen LogP contribution in [0.15, 0.2) is 42.5 Å². The summed E-state index contributed by atoms with van der Waals surface area (Å²) in [5.74, 6) is 0. The van der Waals surface area contributed by atoms with E-state index in [2.05, 4.69) is 61.2 Å². The average molecular weight is 255 g/mol. The van der Waals surface area contributed by atoms with Crippen molar-refractivity contribution in [3.63, 3.8) is 0 Å². The summed E-state index contributed by atoms with van der Waals surface area (Å²) < 4.78 is 2.80. The van der Waals surface area contributed by atoms with Gasteiger partial charge in [0.25, 0.3) is 0 Å². The number of hydrogen-bond acceptors (Lipinski definition) is 2. The SMILES string of the molecule is CCN(CC)c1cccc2c1sc1ccccc12. The molecule has 2 aromatic carbocycles. The minimum Gasteiger partial charge on any atom is -0.371 e. The molecule has 0 aliphatic rings. The van der Waals surface area contributed by atoms with Crippen molar-refractivity contribution in [2.75, 3.05) is 18.0 Å². The molecule has 0 aliphatic heterocycles. The number of hydrogen-bond donors (Lipinski definition) is 0. The molecule has 0 N–H and O–H groups in total. The van der Waals surface area contributed by atoms with Crippen LogP contribution >= 0.6 is 11.3 Å². The van der Waals surface area contributed by atoms with Gasteiger partial charge in [-0.05, 0) is 26.0 Å². The van der Waals surface area contributed by atoms with Crippen LogP contribution in [0.3, 0.4) is 0 Å². The molecule has 18 heavy (non-hydrogen) atoms. The van der Waals surface area contributed by atoms with Crippen molar-refractivity contribution < 1.29 is 0 Å². The van der Waals surface area contributed by atoms with E-state index in [1.807, 2.05) is 11.3 Å². The van der Waals surface area contributed by atoms with E-state index in [-0.39, 0.29) is 0 Å². The summed E-state index contributed by atoms with van der Waals surface area (Å²) in [6.07, 6.45) is 0.